The zero-order chi connectivity index (χ0) is 21.8. The molecule has 0 amide bonds. The van der Waals surface area contributed by atoms with Crippen LogP contribution < -0.4 is 0 Å². The Morgan fingerprint density at radius 1 is 1.03 bits per heavy atom. The number of ether oxygens (including phenoxy) is 3. The Morgan fingerprint density at radius 2 is 1.74 bits per heavy atom. The van der Waals surface area contributed by atoms with Gasteiger partial charge in [0.15, 0.2) is 0 Å². The molecule has 0 aromatic heterocycles. The third-order valence-electron chi connectivity index (χ3n) is 6.03. The fraction of sp³-hybridized carbons (Fsp3) is 0.400. The van der Waals surface area contributed by atoms with Crippen LogP contribution >= 0.6 is 0 Å². The molecule has 0 spiro atoms. The molecule has 4 atom stereocenters. The van der Waals surface area contributed by atoms with E-state index in [1.54, 1.807) is 12.1 Å². The van der Waals surface area contributed by atoms with Gasteiger partial charge in [-0.15, -0.1) is 0 Å². The predicted octanol–water partition coefficient (Wildman–Crippen LogP) is 4.17. The van der Waals surface area contributed by atoms with Gasteiger partial charge in [-0.05, 0) is 29.7 Å². The maximum Gasteiger partial charge on any atom is 0.338 e. The van der Waals surface area contributed by atoms with Crippen molar-refractivity contribution in [1.29, 1.82) is 0 Å². The van der Waals surface area contributed by atoms with Crippen molar-refractivity contribution in [3.8, 4) is 11.1 Å². The van der Waals surface area contributed by atoms with E-state index in [0.717, 1.165) is 11.1 Å². The van der Waals surface area contributed by atoms with Gasteiger partial charge in [0.05, 0.1) is 18.6 Å². The summed E-state index contributed by atoms with van der Waals surface area (Å²) in [6.07, 6.45) is 0.989. The summed E-state index contributed by atoms with van der Waals surface area (Å²) in [4.78, 5) is 36.3. The van der Waals surface area contributed by atoms with Gasteiger partial charge in [-0.2, -0.15) is 0 Å². The lowest BCUT2D eigenvalue weighted by molar-refractivity contribution is -0.146. The Bertz CT molecular complexity index is 936. The molecule has 1 heterocycles. The van der Waals surface area contributed by atoms with Gasteiger partial charge in [0.25, 0.3) is 0 Å². The second-order valence-corrected chi connectivity index (χ2v) is 8.12. The molecule has 162 valence electrons. The number of hydrogen-bond donors (Lipinski definition) is 0. The smallest absolute Gasteiger partial charge is 0.338 e. The van der Waals surface area contributed by atoms with Crippen LogP contribution in [0, 0.1) is 11.8 Å². The molecule has 1 saturated carbocycles. The van der Waals surface area contributed by atoms with Crippen LogP contribution in [0.1, 0.15) is 43.0 Å². The average molecular weight is 422 g/mol. The Balaban J connectivity index is 1.43. The third kappa shape index (κ3) is 4.79. The largest absolute Gasteiger partial charge is 0.465 e. The summed E-state index contributed by atoms with van der Waals surface area (Å²) in [5.41, 5.74) is 2.54. The number of benzene rings is 2. The van der Waals surface area contributed by atoms with Gasteiger partial charge in [0.2, 0.25) is 0 Å². The van der Waals surface area contributed by atoms with E-state index in [-0.39, 0.29) is 42.9 Å². The van der Waals surface area contributed by atoms with Crippen LogP contribution in [-0.2, 0) is 23.8 Å². The minimum Gasteiger partial charge on any atom is -0.465 e. The lowest BCUT2D eigenvalue weighted by atomic mass is 9.93. The monoisotopic (exact) mass is 422 g/mol. The molecule has 2 fully saturated rings. The molecule has 2 aromatic rings. The van der Waals surface area contributed by atoms with E-state index < -0.39 is 12.1 Å². The highest BCUT2D eigenvalue weighted by molar-refractivity contribution is 5.90. The van der Waals surface area contributed by atoms with Crippen molar-refractivity contribution in [2.45, 2.75) is 44.8 Å². The van der Waals surface area contributed by atoms with Crippen molar-refractivity contribution in [2.75, 3.05) is 6.61 Å². The van der Waals surface area contributed by atoms with E-state index in [0.29, 0.717) is 24.8 Å². The molecule has 1 saturated heterocycles. The van der Waals surface area contributed by atoms with Crippen molar-refractivity contribution in [2.24, 2.45) is 11.8 Å². The maximum atomic E-state index is 12.8. The summed E-state index contributed by atoms with van der Waals surface area (Å²) in [6, 6.07) is 17.2. The van der Waals surface area contributed by atoms with E-state index in [1.807, 2.05) is 49.4 Å². The van der Waals surface area contributed by atoms with Gasteiger partial charge < -0.3 is 14.2 Å². The summed E-state index contributed by atoms with van der Waals surface area (Å²) in [6.45, 7) is 2.03. The van der Waals surface area contributed by atoms with Gasteiger partial charge >= 0.3 is 17.9 Å². The van der Waals surface area contributed by atoms with E-state index in [2.05, 4.69) is 0 Å². The summed E-state index contributed by atoms with van der Waals surface area (Å²) >= 11 is 0. The van der Waals surface area contributed by atoms with Gasteiger partial charge in [0.1, 0.15) is 12.2 Å². The summed E-state index contributed by atoms with van der Waals surface area (Å²) in [7, 11) is 0. The van der Waals surface area contributed by atoms with Crippen molar-refractivity contribution >= 4 is 17.9 Å². The molecule has 0 radical (unpaired) electrons. The molecule has 2 aromatic carbocycles. The molecule has 31 heavy (non-hydrogen) atoms. The van der Waals surface area contributed by atoms with Crippen LogP contribution in [0.3, 0.4) is 0 Å². The fourth-order valence-electron chi connectivity index (χ4n) is 4.42. The lowest BCUT2D eigenvalue weighted by Crippen LogP contribution is -2.30. The molecule has 0 bridgehead atoms. The second-order valence-electron chi connectivity index (χ2n) is 8.12. The molecule has 0 N–H and O–H groups in total. The topological polar surface area (TPSA) is 78.9 Å². The lowest BCUT2D eigenvalue weighted by Gasteiger charge is -2.22. The van der Waals surface area contributed by atoms with E-state index in [4.69, 9.17) is 14.2 Å². The first-order valence-electron chi connectivity index (χ1n) is 10.8. The second kappa shape index (κ2) is 9.33. The van der Waals surface area contributed by atoms with Crippen molar-refractivity contribution in [1.82, 2.24) is 0 Å². The van der Waals surface area contributed by atoms with E-state index in [1.165, 1.54) is 0 Å². The van der Waals surface area contributed by atoms with Crippen LogP contribution in [0.15, 0.2) is 54.6 Å². The standard InChI is InChI=1S/C25H26O6/c1-2-6-23(26)29-15-20-19-13-24(27)30-21(19)14-22(20)31-25(28)18-11-9-17(10-12-18)16-7-4-3-5-8-16/h3-5,7-12,19-22H,2,6,13-15H2,1H3. The SMILES string of the molecule is CCCC(=O)OCC1C(OC(=O)c2ccc(-c3ccccc3)cc2)CC2OC(=O)CC21. The maximum absolute atomic E-state index is 12.8. The van der Waals surface area contributed by atoms with Crippen molar-refractivity contribution in [3.05, 3.63) is 60.2 Å². The first-order chi connectivity index (χ1) is 15.0. The highest BCUT2D eigenvalue weighted by Crippen LogP contribution is 2.43. The number of fused-ring (bicyclic) bond motifs is 1. The van der Waals surface area contributed by atoms with Crippen LogP contribution in [0.25, 0.3) is 11.1 Å². The van der Waals surface area contributed by atoms with Gasteiger partial charge in [-0.25, -0.2) is 4.79 Å². The Labute approximate surface area is 181 Å². The third-order valence-corrected chi connectivity index (χ3v) is 6.03. The van der Waals surface area contributed by atoms with Crippen LogP contribution in [0.5, 0.6) is 0 Å². The van der Waals surface area contributed by atoms with E-state index in [9.17, 15) is 14.4 Å². The zero-order valence-corrected chi connectivity index (χ0v) is 17.5. The van der Waals surface area contributed by atoms with Crippen molar-refractivity contribution in [3.63, 3.8) is 0 Å². The number of carbonyl (C=O) groups excluding carboxylic acids is 3. The number of rotatable bonds is 7. The number of carbonyl (C=O) groups is 3. The molecular weight excluding hydrogens is 396 g/mol. The summed E-state index contributed by atoms with van der Waals surface area (Å²) < 4.78 is 16.6. The Hall–Kier alpha value is -3.15. The molecule has 6 nitrogen and oxygen atoms in total. The Kier molecular flexibility index (Phi) is 6.35. The zero-order valence-electron chi connectivity index (χ0n) is 17.5. The summed E-state index contributed by atoms with van der Waals surface area (Å²) in [5, 5.41) is 0. The molecule has 4 rings (SSSR count). The van der Waals surface area contributed by atoms with Gasteiger partial charge in [0, 0.05) is 24.7 Å². The minimum absolute atomic E-state index is 0.0971. The molecule has 6 heteroatoms. The highest BCUT2D eigenvalue weighted by atomic mass is 16.6. The average Bonchev–Trinajstić information content (AvgIpc) is 3.28. The first kappa shape index (κ1) is 21.1. The molecule has 1 aliphatic carbocycles. The van der Waals surface area contributed by atoms with Crippen LogP contribution in [-0.4, -0.2) is 36.7 Å². The summed E-state index contributed by atoms with van der Waals surface area (Å²) in [5.74, 6) is -1.30. The highest BCUT2D eigenvalue weighted by Gasteiger charge is 2.52. The van der Waals surface area contributed by atoms with E-state index >= 15 is 0 Å². The van der Waals surface area contributed by atoms with Crippen LogP contribution in [0.2, 0.25) is 0 Å². The van der Waals surface area contributed by atoms with Crippen molar-refractivity contribution < 1.29 is 28.6 Å². The molecular formula is C25H26O6. The quantitative estimate of drug-likeness (QED) is 0.492. The fourth-order valence-corrected chi connectivity index (χ4v) is 4.42. The number of hydrogen-bond acceptors (Lipinski definition) is 6. The predicted molar refractivity (Wildman–Crippen MR) is 113 cm³/mol. The normalized spacial score (nSPS) is 24.4. The first-order valence-corrected chi connectivity index (χ1v) is 10.8. The molecule has 4 unspecified atom stereocenters. The minimum atomic E-state index is -0.459. The Morgan fingerprint density at radius 3 is 2.45 bits per heavy atom. The van der Waals surface area contributed by atoms with Gasteiger partial charge in [-0.3, -0.25) is 9.59 Å². The molecule has 2 aliphatic rings. The molecule has 1 aliphatic heterocycles. The van der Waals surface area contributed by atoms with Crippen LogP contribution in [0.4, 0.5) is 0 Å². The van der Waals surface area contributed by atoms with Gasteiger partial charge in [-0.1, -0.05) is 49.4 Å². The number of esters is 3.